The molecule has 0 fully saturated rings. The largest absolute Gasteiger partial charge is 0.493 e. The van der Waals surface area contributed by atoms with Gasteiger partial charge in [0.2, 0.25) is 0 Å². The average Bonchev–Trinajstić information content (AvgIpc) is 2.46. The Labute approximate surface area is 124 Å². The number of benzene rings is 1. The third kappa shape index (κ3) is 4.02. The summed E-state index contributed by atoms with van der Waals surface area (Å²) in [4.78, 5) is 13.6. The summed E-state index contributed by atoms with van der Waals surface area (Å²) in [6.45, 7) is 5.37. The van der Waals surface area contributed by atoms with Crippen molar-refractivity contribution in [3.8, 4) is 11.5 Å². The summed E-state index contributed by atoms with van der Waals surface area (Å²) in [5.41, 5.74) is 6.38. The van der Waals surface area contributed by atoms with E-state index >= 15 is 0 Å². The first-order valence-corrected chi connectivity index (χ1v) is 6.92. The Kier molecular flexibility index (Phi) is 6.61. The molecule has 0 unspecified atom stereocenters. The quantitative estimate of drug-likeness (QED) is 0.837. The standard InChI is InChI=1S/C14H21ClN2O3/c1-4-17(5-2)13(18)9-20-14-10(8-16)6-11(15)7-12(14)19-3/h6-7H,4-5,8-9,16H2,1-3H3. The van der Waals surface area contributed by atoms with Gasteiger partial charge in [0.25, 0.3) is 5.91 Å². The van der Waals surface area contributed by atoms with E-state index in [1.165, 1.54) is 7.11 Å². The molecular weight excluding hydrogens is 280 g/mol. The zero-order valence-corrected chi connectivity index (χ0v) is 12.9. The molecule has 0 saturated carbocycles. The minimum absolute atomic E-state index is 0.0489. The van der Waals surface area contributed by atoms with Crippen LogP contribution in [-0.2, 0) is 11.3 Å². The normalized spacial score (nSPS) is 10.2. The van der Waals surface area contributed by atoms with Crippen LogP contribution in [-0.4, -0.2) is 37.6 Å². The molecule has 20 heavy (non-hydrogen) atoms. The first-order chi connectivity index (χ1) is 9.57. The molecule has 0 atom stereocenters. The summed E-state index contributed by atoms with van der Waals surface area (Å²) in [7, 11) is 1.52. The van der Waals surface area contributed by atoms with E-state index in [0.717, 1.165) is 0 Å². The highest BCUT2D eigenvalue weighted by Crippen LogP contribution is 2.34. The van der Waals surface area contributed by atoms with Crippen LogP contribution in [0.1, 0.15) is 19.4 Å². The minimum atomic E-state index is -0.0741. The predicted octanol–water partition coefficient (Wildman–Crippen LogP) is 2.05. The molecule has 0 aliphatic heterocycles. The second-order valence-corrected chi connectivity index (χ2v) is 4.59. The number of amides is 1. The Morgan fingerprint density at radius 2 is 2.00 bits per heavy atom. The molecular formula is C14H21ClN2O3. The third-order valence-electron chi connectivity index (χ3n) is 2.99. The van der Waals surface area contributed by atoms with Gasteiger partial charge in [0.05, 0.1) is 7.11 Å². The second kappa shape index (κ2) is 7.97. The maximum Gasteiger partial charge on any atom is 0.260 e. The van der Waals surface area contributed by atoms with Crippen LogP contribution < -0.4 is 15.2 Å². The lowest BCUT2D eigenvalue weighted by molar-refractivity contribution is -0.133. The molecule has 2 N–H and O–H groups in total. The van der Waals surface area contributed by atoms with Gasteiger partial charge in [0, 0.05) is 36.3 Å². The van der Waals surface area contributed by atoms with Gasteiger partial charge in [-0.3, -0.25) is 4.79 Å². The van der Waals surface area contributed by atoms with Crippen molar-refractivity contribution >= 4 is 17.5 Å². The van der Waals surface area contributed by atoms with Crippen molar-refractivity contribution in [1.82, 2.24) is 4.90 Å². The van der Waals surface area contributed by atoms with Crippen LogP contribution in [0.15, 0.2) is 12.1 Å². The van der Waals surface area contributed by atoms with E-state index in [4.69, 9.17) is 26.8 Å². The first-order valence-electron chi connectivity index (χ1n) is 6.54. The fourth-order valence-corrected chi connectivity index (χ4v) is 2.12. The summed E-state index contributed by atoms with van der Waals surface area (Å²) in [5, 5.41) is 0.518. The Morgan fingerprint density at radius 3 is 2.50 bits per heavy atom. The number of likely N-dealkylation sites (N-methyl/N-ethyl adjacent to an activating group) is 1. The molecule has 0 saturated heterocycles. The number of hydrogen-bond donors (Lipinski definition) is 1. The summed E-state index contributed by atoms with van der Waals surface area (Å²) < 4.78 is 10.8. The SMILES string of the molecule is CCN(CC)C(=O)COc1c(CN)cc(Cl)cc1OC. The zero-order chi connectivity index (χ0) is 15.1. The molecule has 1 aromatic rings. The fourth-order valence-electron chi connectivity index (χ4n) is 1.89. The number of rotatable bonds is 7. The van der Waals surface area contributed by atoms with E-state index in [2.05, 4.69) is 0 Å². The number of methoxy groups -OCH3 is 1. The fraction of sp³-hybridized carbons (Fsp3) is 0.500. The summed E-state index contributed by atoms with van der Waals surface area (Å²) in [6.07, 6.45) is 0. The van der Waals surface area contributed by atoms with Crippen molar-refractivity contribution in [2.45, 2.75) is 20.4 Å². The van der Waals surface area contributed by atoms with Crippen molar-refractivity contribution < 1.29 is 14.3 Å². The average molecular weight is 301 g/mol. The van der Waals surface area contributed by atoms with Gasteiger partial charge < -0.3 is 20.1 Å². The Hall–Kier alpha value is -1.46. The Balaban J connectivity index is 2.89. The first kappa shape index (κ1) is 16.6. The number of carbonyl (C=O) groups is 1. The highest BCUT2D eigenvalue weighted by atomic mass is 35.5. The van der Waals surface area contributed by atoms with Gasteiger partial charge in [-0.2, -0.15) is 0 Å². The second-order valence-electron chi connectivity index (χ2n) is 4.16. The van der Waals surface area contributed by atoms with Gasteiger partial charge in [-0.15, -0.1) is 0 Å². The van der Waals surface area contributed by atoms with Gasteiger partial charge in [-0.05, 0) is 19.9 Å². The highest BCUT2D eigenvalue weighted by Gasteiger charge is 2.15. The topological polar surface area (TPSA) is 64.8 Å². The molecule has 1 aromatic carbocycles. The van der Waals surface area contributed by atoms with E-state index in [-0.39, 0.29) is 19.1 Å². The molecule has 112 valence electrons. The molecule has 1 amide bonds. The molecule has 1 rings (SSSR count). The van der Waals surface area contributed by atoms with Gasteiger partial charge in [0.1, 0.15) is 0 Å². The summed E-state index contributed by atoms with van der Waals surface area (Å²) in [5.74, 6) is 0.875. The van der Waals surface area contributed by atoms with Crippen molar-refractivity contribution in [2.24, 2.45) is 5.73 Å². The number of halogens is 1. The maximum absolute atomic E-state index is 11.9. The predicted molar refractivity (Wildman–Crippen MR) is 79.3 cm³/mol. The lowest BCUT2D eigenvalue weighted by Crippen LogP contribution is -2.34. The third-order valence-corrected chi connectivity index (χ3v) is 3.21. The van der Waals surface area contributed by atoms with Crippen LogP contribution in [0.3, 0.4) is 0 Å². The zero-order valence-electron chi connectivity index (χ0n) is 12.1. The smallest absolute Gasteiger partial charge is 0.260 e. The monoisotopic (exact) mass is 300 g/mol. The molecule has 0 aromatic heterocycles. The number of hydrogen-bond acceptors (Lipinski definition) is 4. The van der Waals surface area contributed by atoms with Crippen LogP contribution in [0.4, 0.5) is 0 Å². The van der Waals surface area contributed by atoms with Crippen LogP contribution in [0.2, 0.25) is 5.02 Å². The number of ether oxygens (including phenoxy) is 2. The Bertz CT molecular complexity index is 437. The molecule has 0 heterocycles. The van der Waals surface area contributed by atoms with E-state index in [9.17, 15) is 4.79 Å². The molecule has 0 radical (unpaired) electrons. The van der Waals surface area contributed by atoms with Crippen LogP contribution in [0, 0.1) is 0 Å². The lowest BCUT2D eigenvalue weighted by Gasteiger charge is -2.20. The van der Waals surface area contributed by atoms with Gasteiger partial charge in [-0.1, -0.05) is 11.6 Å². The Morgan fingerprint density at radius 1 is 1.35 bits per heavy atom. The summed E-state index contributed by atoms with van der Waals surface area (Å²) in [6, 6.07) is 3.35. The van der Waals surface area contributed by atoms with Gasteiger partial charge in [-0.25, -0.2) is 0 Å². The van der Waals surface area contributed by atoms with Gasteiger partial charge in [0.15, 0.2) is 18.1 Å². The number of nitrogens with zero attached hydrogens (tertiary/aromatic N) is 1. The minimum Gasteiger partial charge on any atom is -0.493 e. The lowest BCUT2D eigenvalue weighted by atomic mass is 10.2. The van der Waals surface area contributed by atoms with Crippen LogP contribution in [0.25, 0.3) is 0 Å². The molecule has 5 nitrogen and oxygen atoms in total. The van der Waals surface area contributed by atoms with E-state index < -0.39 is 0 Å². The maximum atomic E-state index is 11.9. The van der Waals surface area contributed by atoms with Crippen molar-refractivity contribution in [3.63, 3.8) is 0 Å². The van der Waals surface area contributed by atoms with E-state index in [1.54, 1.807) is 17.0 Å². The van der Waals surface area contributed by atoms with Gasteiger partial charge >= 0.3 is 0 Å². The molecule has 0 spiro atoms. The van der Waals surface area contributed by atoms with Crippen molar-refractivity contribution in [1.29, 1.82) is 0 Å². The van der Waals surface area contributed by atoms with Crippen molar-refractivity contribution in [3.05, 3.63) is 22.7 Å². The molecule has 0 bridgehead atoms. The summed E-state index contributed by atoms with van der Waals surface area (Å²) >= 11 is 5.97. The van der Waals surface area contributed by atoms with Crippen LogP contribution >= 0.6 is 11.6 Å². The molecule has 0 aliphatic carbocycles. The van der Waals surface area contributed by atoms with Crippen LogP contribution in [0.5, 0.6) is 11.5 Å². The number of nitrogens with two attached hydrogens (primary N) is 1. The molecule has 6 heteroatoms. The number of carbonyl (C=O) groups excluding carboxylic acids is 1. The van der Waals surface area contributed by atoms with E-state index in [1.807, 2.05) is 13.8 Å². The van der Waals surface area contributed by atoms with Crippen molar-refractivity contribution in [2.75, 3.05) is 26.8 Å². The highest BCUT2D eigenvalue weighted by molar-refractivity contribution is 6.30. The molecule has 0 aliphatic rings. The van der Waals surface area contributed by atoms with E-state index in [0.29, 0.717) is 35.2 Å².